The molecule has 0 spiro atoms. The summed E-state index contributed by atoms with van der Waals surface area (Å²) in [5.74, 6) is 1.50. The highest BCUT2D eigenvalue weighted by molar-refractivity contribution is 5.89. The second kappa shape index (κ2) is 8.60. The minimum atomic E-state index is 0.306. The first-order valence-corrected chi connectivity index (χ1v) is 12.7. The molecule has 4 aromatic rings. The molecule has 4 aromatic heterocycles. The Labute approximate surface area is 205 Å². The highest BCUT2D eigenvalue weighted by atomic mass is 16.5. The lowest BCUT2D eigenvalue weighted by atomic mass is 9.88. The largest absolute Gasteiger partial charge is 0.493 e. The zero-order chi connectivity index (χ0) is 24.2. The van der Waals surface area contributed by atoms with Gasteiger partial charge in [0.25, 0.3) is 0 Å². The van der Waals surface area contributed by atoms with Crippen LogP contribution in [0.3, 0.4) is 0 Å². The predicted molar refractivity (Wildman–Crippen MR) is 136 cm³/mol. The molecule has 0 bridgehead atoms. The van der Waals surface area contributed by atoms with Gasteiger partial charge < -0.3 is 19.8 Å². The van der Waals surface area contributed by atoms with Gasteiger partial charge in [0, 0.05) is 46.9 Å². The molecule has 2 aliphatic rings. The van der Waals surface area contributed by atoms with Gasteiger partial charge in [-0.15, -0.1) is 0 Å². The zero-order valence-electron chi connectivity index (χ0n) is 21.0. The first-order valence-electron chi connectivity index (χ1n) is 12.7. The van der Waals surface area contributed by atoms with Gasteiger partial charge in [-0.2, -0.15) is 5.10 Å². The van der Waals surface area contributed by atoms with Gasteiger partial charge in [0.15, 0.2) is 11.4 Å². The van der Waals surface area contributed by atoms with E-state index in [2.05, 4.69) is 53.3 Å². The quantitative estimate of drug-likeness (QED) is 0.405. The summed E-state index contributed by atoms with van der Waals surface area (Å²) in [5, 5.41) is 8.14. The summed E-state index contributed by atoms with van der Waals surface area (Å²) in [7, 11) is 1.67. The van der Waals surface area contributed by atoms with Crippen molar-refractivity contribution in [3.05, 3.63) is 42.0 Å². The van der Waals surface area contributed by atoms with Gasteiger partial charge in [-0.1, -0.05) is 20.8 Å². The molecule has 8 nitrogen and oxygen atoms in total. The molecule has 5 heterocycles. The highest BCUT2D eigenvalue weighted by Crippen LogP contribution is 2.39. The van der Waals surface area contributed by atoms with Crippen LogP contribution in [-0.4, -0.2) is 57.5 Å². The molecule has 184 valence electrons. The Hall–Kier alpha value is -2.97. The van der Waals surface area contributed by atoms with E-state index in [9.17, 15) is 0 Å². The molecule has 2 atom stereocenters. The van der Waals surface area contributed by atoms with Crippen LogP contribution in [0.5, 0.6) is 5.75 Å². The van der Waals surface area contributed by atoms with Gasteiger partial charge in [0.2, 0.25) is 0 Å². The van der Waals surface area contributed by atoms with Crippen LogP contribution >= 0.6 is 0 Å². The maximum absolute atomic E-state index is 5.60. The van der Waals surface area contributed by atoms with Crippen molar-refractivity contribution in [1.29, 1.82) is 0 Å². The van der Waals surface area contributed by atoms with Crippen molar-refractivity contribution in [2.75, 3.05) is 26.9 Å². The predicted octanol–water partition coefficient (Wildman–Crippen LogP) is 4.67. The number of pyridine rings is 2. The molecule has 2 unspecified atom stereocenters. The Kier molecular flexibility index (Phi) is 5.53. The van der Waals surface area contributed by atoms with Crippen LogP contribution in [0, 0.1) is 5.41 Å². The number of fused-ring (bicyclic) bond motifs is 2. The van der Waals surface area contributed by atoms with Crippen molar-refractivity contribution in [2.24, 2.45) is 5.41 Å². The number of H-pyrrole nitrogens is 1. The smallest absolute Gasteiger partial charge is 0.197 e. The Morgan fingerprint density at radius 3 is 2.89 bits per heavy atom. The average molecular weight is 475 g/mol. The number of hydrogen-bond acceptors (Lipinski definition) is 6. The lowest BCUT2D eigenvalue weighted by Gasteiger charge is -2.39. The van der Waals surface area contributed by atoms with Gasteiger partial charge in [0.1, 0.15) is 6.33 Å². The summed E-state index contributed by atoms with van der Waals surface area (Å²) in [4.78, 5) is 13.2. The Morgan fingerprint density at radius 1 is 1.29 bits per heavy atom. The molecule has 1 saturated carbocycles. The molecule has 1 saturated heterocycles. The fourth-order valence-electron chi connectivity index (χ4n) is 5.68. The minimum absolute atomic E-state index is 0.306. The fourth-order valence-corrected chi connectivity index (χ4v) is 5.68. The number of nitrogens with one attached hydrogen (secondary N) is 2. The average Bonchev–Trinajstić information content (AvgIpc) is 3.58. The van der Waals surface area contributed by atoms with Crippen LogP contribution < -0.4 is 10.1 Å². The zero-order valence-corrected chi connectivity index (χ0v) is 21.0. The van der Waals surface area contributed by atoms with E-state index in [4.69, 9.17) is 14.5 Å². The molecular formula is C27H34N6O2. The first kappa shape index (κ1) is 22.5. The summed E-state index contributed by atoms with van der Waals surface area (Å²) in [5.41, 5.74) is 7.67. The van der Waals surface area contributed by atoms with E-state index in [0.29, 0.717) is 34.7 Å². The molecule has 6 rings (SSSR count). The van der Waals surface area contributed by atoms with Crippen LogP contribution in [0.15, 0.2) is 30.7 Å². The second-order valence-corrected chi connectivity index (χ2v) is 10.9. The minimum Gasteiger partial charge on any atom is -0.493 e. The van der Waals surface area contributed by atoms with Crippen molar-refractivity contribution >= 4 is 16.7 Å². The number of hydrogen-bond donors (Lipinski definition) is 2. The highest BCUT2D eigenvalue weighted by Gasteiger charge is 2.35. The number of aromatic amines is 1. The maximum atomic E-state index is 5.60. The lowest BCUT2D eigenvalue weighted by Crippen LogP contribution is -2.49. The summed E-state index contributed by atoms with van der Waals surface area (Å²) in [6, 6.07) is 7.00. The Balaban J connectivity index is 1.31. The van der Waals surface area contributed by atoms with Gasteiger partial charge in [-0.3, -0.25) is 4.98 Å². The molecule has 2 N–H and O–H groups in total. The number of rotatable bonds is 7. The van der Waals surface area contributed by atoms with E-state index in [-0.39, 0.29) is 0 Å². The molecule has 0 amide bonds. The summed E-state index contributed by atoms with van der Waals surface area (Å²) in [6.45, 7) is 9.54. The van der Waals surface area contributed by atoms with Crippen LogP contribution in [0.2, 0.25) is 0 Å². The molecule has 1 aliphatic heterocycles. The standard InChI is InChI=1S/C27H34N6O2/c1-16(2)23-24(18-10-22(34-4)26-29-15-30-33(26)11-18)32-21-8-7-20(31-25(21)23)17-5-6-19(9-17)28-12-27(3)13-35-14-27/h7-8,10-11,15-17,19,28,32H,5-6,9,12-14H2,1-4H3. The van der Waals surface area contributed by atoms with Gasteiger partial charge in [-0.25, -0.2) is 9.50 Å². The molecule has 1 aliphatic carbocycles. The SMILES string of the molecule is COc1cc(-c2[nH]c3ccc(C4CCC(NCC5(C)COC5)C4)nc3c2C(C)C)cn2ncnc12. The topological polar surface area (TPSA) is 89.4 Å². The molecular weight excluding hydrogens is 440 g/mol. The van der Waals surface area contributed by atoms with Crippen molar-refractivity contribution in [3.63, 3.8) is 0 Å². The molecule has 2 fully saturated rings. The summed E-state index contributed by atoms with van der Waals surface area (Å²) < 4.78 is 12.8. The van der Waals surface area contributed by atoms with E-state index in [1.54, 1.807) is 18.0 Å². The Morgan fingerprint density at radius 2 is 2.14 bits per heavy atom. The third kappa shape index (κ3) is 3.98. The molecule has 35 heavy (non-hydrogen) atoms. The third-order valence-electron chi connectivity index (χ3n) is 7.70. The number of aromatic nitrogens is 5. The monoisotopic (exact) mass is 474 g/mol. The number of ether oxygens (including phenoxy) is 2. The molecule has 0 aromatic carbocycles. The van der Waals surface area contributed by atoms with E-state index in [0.717, 1.165) is 48.5 Å². The number of methoxy groups -OCH3 is 1. The van der Waals surface area contributed by atoms with Crippen LogP contribution in [0.1, 0.15) is 63.1 Å². The van der Waals surface area contributed by atoms with Crippen LogP contribution in [0.25, 0.3) is 27.9 Å². The van der Waals surface area contributed by atoms with E-state index >= 15 is 0 Å². The molecule has 8 heteroatoms. The van der Waals surface area contributed by atoms with E-state index in [1.807, 2.05) is 12.3 Å². The summed E-state index contributed by atoms with van der Waals surface area (Å²) >= 11 is 0. The lowest BCUT2D eigenvalue weighted by molar-refractivity contribution is -0.0999. The van der Waals surface area contributed by atoms with Gasteiger partial charge in [0.05, 0.1) is 37.1 Å². The number of nitrogens with zero attached hydrogens (tertiary/aromatic N) is 4. The second-order valence-electron chi connectivity index (χ2n) is 10.9. The van der Waals surface area contributed by atoms with Crippen LogP contribution in [-0.2, 0) is 4.74 Å². The maximum Gasteiger partial charge on any atom is 0.197 e. The van der Waals surface area contributed by atoms with Crippen molar-refractivity contribution in [1.82, 2.24) is 29.9 Å². The van der Waals surface area contributed by atoms with Crippen molar-refractivity contribution in [2.45, 2.75) is 57.9 Å². The summed E-state index contributed by atoms with van der Waals surface area (Å²) in [6.07, 6.45) is 7.08. The van der Waals surface area contributed by atoms with Crippen molar-refractivity contribution < 1.29 is 9.47 Å². The third-order valence-corrected chi connectivity index (χ3v) is 7.70. The van der Waals surface area contributed by atoms with E-state index in [1.165, 1.54) is 24.1 Å². The van der Waals surface area contributed by atoms with Crippen LogP contribution in [0.4, 0.5) is 0 Å². The Bertz CT molecular complexity index is 1370. The van der Waals surface area contributed by atoms with Gasteiger partial charge >= 0.3 is 0 Å². The molecule has 0 radical (unpaired) electrons. The first-order chi connectivity index (χ1) is 16.9. The van der Waals surface area contributed by atoms with Crippen molar-refractivity contribution in [3.8, 4) is 17.0 Å². The normalized spacial score (nSPS) is 21.7. The van der Waals surface area contributed by atoms with E-state index < -0.39 is 0 Å². The van der Waals surface area contributed by atoms with Gasteiger partial charge in [-0.05, 0) is 43.4 Å². The fraction of sp³-hybridized carbons (Fsp3) is 0.519.